The van der Waals surface area contributed by atoms with Crippen molar-refractivity contribution in [2.45, 2.75) is 37.1 Å². The van der Waals surface area contributed by atoms with Crippen LogP contribution < -0.4 is 64.3 Å². The molecule has 11 heteroatoms. The maximum Gasteiger partial charge on any atom is 1.00 e. The van der Waals surface area contributed by atoms with Gasteiger partial charge < -0.3 is 30.8 Å². The Kier molecular flexibility index (Phi) is 13.1. The van der Waals surface area contributed by atoms with Crippen LogP contribution in [0.1, 0.15) is 24.5 Å². The molecule has 0 aliphatic carbocycles. The minimum Gasteiger partial charge on any atom is -1.00 e. The van der Waals surface area contributed by atoms with Crippen molar-refractivity contribution in [3.63, 3.8) is 0 Å². The summed E-state index contributed by atoms with van der Waals surface area (Å²) < 4.78 is 28.3. The number of hydrogen-bond donors (Lipinski definition) is 2. The van der Waals surface area contributed by atoms with Crippen LogP contribution in [0.4, 0.5) is 0 Å². The molecule has 1 heterocycles. The Morgan fingerprint density at radius 3 is 2.16 bits per heavy atom. The summed E-state index contributed by atoms with van der Waals surface area (Å²) >= 11 is 1.65. The Labute approximate surface area is 245 Å². The summed E-state index contributed by atoms with van der Waals surface area (Å²) in [5.74, 6) is 3.05. The van der Waals surface area contributed by atoms with E-state index < -0.39 is 11.8 Å². The number of carbonyl (C=O) groups is 2. The fourth-order valence-corrected chi connectivity index (χ4v) is 5.66. The van der Waals surface area contributed by atoms with Crippen LogP contribution in [0.25, 0.3) is 0 Å². The van der Waals surface area contributed by atoms with E-state index >= 15 is 0 Å². The fourth-order valence-electron chi connectivity index (χ4n) is 4.44. The van der Waals surface area contributed by atoms with Crippen molar-refractivity contribution in [1.29, 1.82) is 0 Å². The summed E-state index contributed by atoms with van der Waals surface area (Å²) in [5.41, 5.74) is 8.85. The van der Waals surface area contributed by atoms with Crippen molar-refractivity contribution in [2.75, 3.05) is 40.9 Å². The summed E-state index contributed by atoms with van der Waals surface area (Å²) in [4.78, 5) is 22.7. The second-order valence-corrected chi connectivity index (χ2v) is 9.37. The molecule has 0 saturated carbocycles. The van der Waals surface area contributed by atoms with E-state index in [1.54, 1.807) is 40.2 Å². The number of hydrogen-bond acceptors (Lipinski definition) is 10. The van der Waals surface area contributed by atoms with Gasteiger partial charge in [0.1, 0.15) is 5.75 Å². The number of ether oxygens (including phenoxy) is 5. The van der Waals surface area contributed by atoms with Crippen molar-refractivity contribution in [3.05, 3.63) is 41.0 Å². The van der Waals surface area contributed by atoms with Gasteiger partial charge in [-0.15, -0.1) is 11.8 Å². The molecule has 2 unspecified atom stereocenters. The van der Waals surface area contributed by atoms with Gasteiger partial charge in [0.2, 0.25) is 17.3 Å². The standard InChI is InChI=1S/C26H34N2O7S.Na.H/c1-31-23-18(19(13-27)24(32-2)26(34-4)25(23)33-3)6-5-11-35-17-9-7-16(8-10-17)12-21-22(20(30)14-29)28-15-36-21;;/h7-10,14,21-22,28H,5-6,11-13,15,27H2,1-4H3;;/q;+1;-1. The number of methoxy groups -OCH3 is 4. The van der Waals surface area contributed by atoms with Gasteiger partial charge in [0.15, 0.2) is 17.8 Å². The van der Waals surface area contributed by atoms with Crippen LogP contribution in [0.2, 0.25) is 0 Å². The van der Waals surface area contributed by atoms with Crippen LogP contribution in [0.15, 0.2) is 24.3 Å². The van der Waals surface area contributed by atoms with Gasteiger partial charge in [-0.2, -0.15) is 0 Å². The molecule has 3 N–H and O–H groups in total. The molecule has 1 aliphatic heterocycles. The topological polar surface area (TPSA) is 118 Å². The van der Waals surface area contributed by atoms with Crippen molar-refractivity contribution >= 4 is 23.8 Å². The Morgan fingerprint density at radius 1 is 1.03 bits per heavy atom. The number of nitrogens with two attached hydrogens (primary N) is 1. The number of thioether (sulfide) groups is 1. The molecular weight excluding hydrogens is 507 g/mol. The van der Waals surface area contributed by atoms with Crippen LogP contribution in [-0.4, -0.2) is 64.3 Å². The van der Waals surface area contributed by atoms with Gasteiger partial charge in [0.25, 0.3) is 0 Å². The Balaban J connectivity index is 0.00000361. The first-order valence-corrected chi connectivity index (χ1v) is 12.7. The molecule has 3 rings (SSSR count). The molecule has 2 aromatic rings. The van der Waals surface area contributed by atoms with Crippen LogP contribution in [0.5, 0.6) is 28.7 Å². The van der Waals surface area contributed by atoms with E-state index in [9.17, 15) is 9.59 Å². The zero-order valence-electron chi connectivity index (χ0n) is 23.1. The second kappa shape index (κ2) is 15.5. The van der Waals surface area contributed by atoms with Crippen LogP contribution in [0.3, 0.4) is 0 Å². The fraction of sp³-hybridized carbons (Fsp3) is 0.462. The first-order chi connectivity index (χ1) is 17.5. The summed E-state index contributed by atoms with van der Waals surface area (Å²) in [5, 5.41) is 3.13. The Morgan fingerprint density at radius 2 is 1.62 bits per heavy atom. The SMILES string of the molecule is COc1c(CN)c(CCCOc2ccc(CC3SCNC3C(=O)C=O)cc2)c(OC)c(OC)c1OC.[H-].[Na+]. The minimum atomic E-state index is -0.422. The molecule has 1 fully saturated rings. The van der Waals surface area contributed by atoms with E-state index in [0.717, 1.165) is 22.4 Å². The molecule has 2 aromatic carbocycles. The quantitative estimate of drug-likeness (QED) is 0.142. The smallest absolute Gasteiger partial charge is 1.00 e. The third kappa shape index (κ3) is 7.34. The van der Waals surface area contributed by atoms with Gasteiger partial charge in [-0.05, 0) is 37.0 Å². The molecular formula is C26H35N2NaO7S. The molecule has 198 valence electrons. The zero-order valence-corrected chi connectivity index (χ0v) is 24.9. The maximum absolute atomic E-state index is 11.8. The number of ketones is 1. The largest absolute Gasteiger partial charge is 1.00 e. The predicted octanol–water partition coefficient (Wildman–Crippen LogP) is -0.351. The van der Waals surface area contributed by atoms with Crippen molar-refractivity contribution < 1.29 is 64.3 Å². The monoisotopic (exact) mass is 542 g/mol. The van der Waals surface area contributed by atoms with E-state index in [1.165, 1.54) is 0 Å². The number of Topliss-reactive ketones (excluding diaryl/α,β-unsaturated/α-hetero) is 1. The van der Waals surface area contributed by atoms with Crippen LogP contribution in [0, 0.1) is 0 Å². The van der Waals surface area contributed by atoms with Gasteiger partial charge >= 0.3 is 29.6 Å². The molecule has 0 radical (unpaired) electrons. The number of benzene rings is 2. The van der Waals surface area contributed by atoms with Crippen molar-refractivity contribution in [3.8, 4) is 28.7 Å². The van der Waals surface area contributed by atoms with Gasteiger partial charge in [-0.25, -0.2) is 0 Å². The molecule has 0 amide bonds. The number of aldehydes is 1. The average molecular weight is 543 g/mol. The number of rotatable bonds is 14. The first-order valence-electron chi connectivity index (χ1n) is 11.7. The molecule has 37 heavy (non-hydrogen) atoms. The molecule has 1 aliphatic rings. The summed E-state index contributed by atoms with van der Waals surface area (Å²) in [7, 11) is 6.26. The van der Waals surface area contributed by atoms with E-state index in [-0.39, 0.29) is 42.8 Å². The number of carbonyl (C=O) groups excluding carboxylic acids is 2. The summed E-state index contributed by atoms with van der Waals surface area (Å²) in [6.45, 7) is 0.743. The molecule has 1 saturated heterocycles. The van der Waals surface area contributed by atoms with Crippen molar-refractivity contribution in [1.82, 2.24) is 5.32 Å². The Bertz CT molecular complexity index is 1030. The van der Waals surface area contributed by atoms with Gasteiger partial charge in [-0.1, -0.05) is 12.1 Å². The van der Waals surface area contributed by atoms with Gasteiger partial charge in [-0.3, -0.25) is 14.9 Å². The molecule has 2 atom stereocenters. The molecule has 0 spiro atoms. The third-order valence-electron chi connectivity index (χ3n) is 6.15. The van der Waals surface area contributed by atoms with Crippen LogP contribution in [-0.2, 0) is 29.0 Å². The predicted molar refractivity (Wildman–Crippen MR) is 140 cm³/mol. The van der Waals surface area contributed by atoms with E-state index in [1.807, 2.05) is 24.3 Å². The van der Waals surface area contributed by atoms with E-state index in [0.29, 0.717) is 61.0 Å². The van der Waals surface area contributed by atoms with Crippen molar-refractivity contribution in [2.24, 2.45) is 5.73 Å². The molecule has 0 aromatic heterocycles. The summed E-state index contributed by atoms with van der Waals surface area (Å²) in [6.07, 6.45) is 2.45. The van der Waals surface area contributed by atoms with E-state index in [4.69, 9.17) is 29.4 Å². The van der Waals surface area contributed by atoms with Gasteiger partial charge in [0.05, 0.1) is 41.1 Å². The number of nitrogens with one attached hydrogen (secondary N) is 1. The molecule has 9 nitrogen and oxygen atoms in total. The van der Waals surface area contributed by atoms with Crippen LogP contribution >= 0.6 is 11.8 Å². The van der Waals surface area contributed by atoms with E-state index in [2.05, 4.69) is 5.32 Å². The zero-order chi connectivity index (χ0) is 26.1. The average Bonchev–Trinajstić information content (AvgIpc) is 3.38. The third-order valence-corrected chi connectivity index (χ3v) is 7.35. The first kappa shape index (κ1) is 31.3. The molecule has 0 bridgehead atoms. The second-order valence-electron chi connectivity index (χ2n) is 8.15. The Hall–Kier alpha value is -1.95. The maximum atomic E-state index is 11.8. The summed E-state index contributed by atoms with van der Waals surface area (Å²) in [6, 6.07) is 7.40. The minimum absolute atomic E-state index is 0. The normalized spacial score (nSPS) is 16.5. The van der Waals surface area contributed by atoms with Gasteiger partial charge in [0, 0.05) is 28.8 Å².